The van der Waals surface area contributed by atoms with Gasteiger partial charge < -0.3 is 14.7 Å². The molecule has 11 heteroatoms. The van der Waals surface area contributed by atoms with Gasteiger partial charge >= 0.3 is 6.01 Å². The monoisotopic (exact) mass is 549 g/mol. The Balaban J connectivity index is 1.34. The molecule has 210 valence electrons. The molecule has 3 aromatic heterocycles. The average Bonchev–Trinajstić information content (AvgIpc) is 3.59. The predicted octanol–water partition coefficient (Wildman–Crippen LogP) is 4.32. The van der Waals surface area contributed by atoms with Gasteiger partial charge in [-0.3, -0.25) is 15.0 Å². The summed E-state index contributed by atoms with van der Waals surface area (Å²) in [6.07, 6.45) is 6.42. The molecule has 40 heavy (non-hydrogen) atoms. The van der Waals surface area contributed by atoms with Gasteiger partial charge in [0.05, 0.1) is 28.7 Å². The summed E-state index contributed by atoms with van der Waals surface area (Å²) in [6.45, 7) is 4.69. The Morgan fingerprint density at radius 1 is 1.12 bits per heavy atom. The lowest BCUT2D eigenvalue weighted by atomic mass is 9.95. The number of halogens is 2. The molecular formula is C29H33F2N7O2. The maximum absolute atomic E-state index is 16.5. The van der Waals surface area contributed by atoms with Gasteiger partial charge in [0, 0.05) is 43.2 Å². The zero-order valence-corrected chi connectivity index (χ0v) is 22.5. The van der Waals surface area contributed by atoms with Gasteiger partial charge in [-0.2, -0.15) is 15.1 Å². The number of ether oxygens (including phenoxy) is 1. The topological polar surface area (TPSA) is 103 Å². The molecule has 4 aromatic rings. The fourth-order valence-corrected chi connectivity index (χ4v) is 6.88. The second-order valence-electron chi connectivity index (χ2n) is 11.5. The van der Waals surface area contributed by atoms with Gasteiger partial charge in [0.1, 0.15) is 29.8 Å². The van der Waals surface area contributed by atoms with E-state index in [1.165, 1.54) is 0 Å². The van der Waals surface area contributed by atoms with E-state index in [9.17, 15) is 9.50 Å². The zero-order valence-electron chi connectivity index (χ0n) is 22.5. The number of pyridine rings is 1. The zero-order chi connectivity index (χ0) is 27.4. The highest BCUT2D eigenvalue weighted by Gasteiger charge is 2.49. The molecule has 7 rings (SSSR count). The molecule has 1 aromatic carbocycles. The Morgan fingerprint density at radius 3 is 2.92 bits per heavy atom. The Labute approximate surface area is 230 Å². The molecule has 0 saturated carbocycles. The molecule has 0 amide bonds. The lowest BCUT2D eigenvalue weighted by Crippen LogP contribution is -2.43. The van der Waals surface area contributed by atoms with Crippen molar-refractivity contribution in [2.24, 2.45) is 0 Å². The number of H-pyrrole nitrogens is 1. The van der Waals surface area contributed by atoms with Crippen molar-refractivity contribution in [1.29, 1.82) is 0 Å². The molecule has 0 bridgehead atoms. The smallest absolute Gasteiger partial charge is 0.319 e. The maximum atomic E-state index is 16.5. The van der Waals surface area contributed by atoms with Crippen molar-refractivity contribution in [3.63, 3.8) is 0 Å². The van der Waals surface area contributed by atoms with Gasteiger partial charge in [-0.1, -0.05) is 6.07 Å². The SMILES string of the molecule is Cc1ccc2[nH]ncc2c1-c1ncc2c(N3CCCC(O)CC3)nc(OC[C@@]34CCCN3C[C@H](F)C4)nc2c1F. The molecule has 3 fully saturated rings. The quantitative estimate of drug-likeness (QED) is 0.380. The van der Waals surface area contributed by atoms with Crippen molar-refractivity contribution < 1.29 is 18.6 Å². The first-order valence-electron chi connectivity index (χ1n) is 14.2. The highest BCUT2D eigenvalue weighted by Crippen LogP contribution is 2.41. The lowest BCUT2D eigenvalue weighted by Gasteiger charge is -2.31. The van der Waals surface area contributed by atoms with Gasteiger partial charge in [0.15, 0.2) is 5.82 Å². The maximum Gasteiger partial charge on any atom is 0.319 e. The van der Waals surface area contributed by atoms with Crippen LogP contribution in [0.3, 0.4) is 0 Å². The van der Waals surface area contributed by atoms with Crippen molar-refractivity contribution >= 4 is 27.6 Å². The molecule has 0 spiro atoms. The summed E-state index contributed by atoms with van der Waals surface area (Å²) < 4.78 is 37.1. The van der Waals surface area contributed by atoms with E-state index < -0.39 is 12.0 Å². The molecule has 3 saturated heterocycles. The third-order valence-electron chi connectivity index (χ3n) is 8.94. The third-order valence-corrected chi connectivity index (χ3v) is 8.94. The predicted molar refractivity (Wildman–Crippen MR) is 148 cm³/mol. The summed E-state index contributed by atoms with van der Waals surface area (Å²) in [4.78, 5) is 18.2. The second kappa shape index (κ2) is 9.88. The number of nitrogens with zero attached hydrogens (tertiary/aromatic N) is 6. The minimum atomic E-state index is -0.875. The van der Waals surface area contributed by atoms with Crippen LogP contribution in [0.4, 0.5) is 14.6 Å². The average molecular weight is 550 g/mol. The largest absolute Gasteiger partial charge is 0.461 e. The highest BCUT2D eigenvalue weighted by molar-refractivity contribution is 5.98. The summed E-state index contributed by atoms with van der Waals surface area (Å²) >= 11 is 0. The normalized spacial score (nSPS) is 25.6. The molecule has 3 aliphatic heterocycles. The molecule has 3 aliphatic rings. The van der Waals surface area contributed by atoms with Crippen LogP contribution in [0.25, 0.3) is 33.1 Å². The molecule has 2 N–H and O–H groups in total. The van der Waals surface area contributed by atoms with Gasteiger partial charge in [-0.25, -0.2) is 8.78 Å². The van der Waals surface area contributed by atoms with Crippen molar-refractivity contribution in [1.82, 2.24) is 30.0 Å². The van der Waals surface area contributed by atoms with E-state index in [0.29, 0.717) is 55.7 Å². The Morgan fingerprint density at radius 2 is 2.02 bits per heavy atom. The van der Waals surface area contributed by atoms with Crippen LogP contribution in [0.1, 0.15) is 44.1 Å². The van der Waals surface area contributed by atoms with Crippen LogP contribution in [0, 0.1) is 12.7 Å². The Hall–Kier alpha value is -3.44. The first kappa shape index (κ1) is 25.5. The number of aryl methyl sites for hydroxylation is 1. The van der Waals surface area contributed by atoms with E-state index in [-0.39, 0.29) is 35.5 Å². The molecular weight excluding hydrogens is 516 g/mol. The number of aromatic nitrogens is 5. The van der Waals surface area contributed by atoms with E-state index in [1.807, 2.05) is 19.1 Å². The van der Waals surface area contributed by atoms with Crippen LogP contribution in [-0.2, 0) is 0 Å². The number of aliphatic hydroxyl groups is 1. The van der Waals surface area contributed by atoms with Crippen molar-refractivity contribution in [3.8, 4) is 17.3 Å². The molecule has 9 nitrogen and oxygen atoms in total. The van der Waals surface area contributed by atoms with Crippen LogP contribution in [0.2, 0.25) is 0 Å². The summed E-state index contributed by atoms with van der Waals surface area (Å²) in [7, 11) is 0. The molecule has 1 unspecified atom stereocenters. The minimum absolute atomic E-state index is 0.0742. The second-order valence-corrected chi connectivity index (χ2v) is 11.5. The van der Waals surface area contributed by atoms with Crippen LogP contribution in [0.5, 0.6) is 6.01 Å². The van der Waals surface area contributed by atoms with Gasteiger partial charge in [0.2, 0.25) is 0 Å². The minimum Gasteiger partial charge on any atom is -0.461 e. The van der Waals surface area contributed by atoms with Crippen LogP contribution in [0.15, 0.2) is 24.5 Å². The number of benzene rings is 1. The van der Waals surface area contributed by atoms with Crippen molar-refractivity contribution in [2.75, 3.05) is 37.7 Å². The number of alkyl halides is 1. The highest BCUT2D eigenvalue weighted by atomic mass is 19.1. The summed E-state index contributed by atoms with van der Waals surface area (Å²) in [6, 6.07) is 3.90. The number of fused-ring (bicyclic) bond motifs is 3. The first-order valence-corrected chi connectivity index (χ1v) is 14.2. The summed E-state index contributed by atoms with van der Waals surface area (Å²) in [5.74, 6) is -0.0103. The first-order chi connectivity index (χ1) is 19.4. The fraction of sp³-hybridized carbons (Fsp3) is 0.517. The van der Waals surface area contributed by atoms with Gasteiger partial charge in [0.25, 0.3) is 0 Å². The van der Waals surface area contributed by atoms with E-state index in [4.69, 9.17) is 9.72 Å². The van der Waals surface area contributed by atoms with E-state index in [0.717, 1.165) is 42.3 Å². The number of anilines is 1. The Kier molecular flexibility index (Phi) is 6.31. The van der Waals surface area contributed by atoms with Gasteiger partial charge in [-0.15, -0.1) is 0 Å². The molecule has 3 atom stereocenters. The van der Waals surface area contributed by atoms with E-state index >= 15 is 4.39 Å². The van der Waals surface area contributed by atoms with Crippen LogP contribution >= 0.6 is 0 Å². The Bertz CT molecular complexity index is 1580. The van der Waals surface area contributed by atoms with Crippen molar-refractivity contribution in [2.45, 2.75) is 63.3 Å². The van der Waals surface area contributed by atoms with E-state index in [1.54, 1.807) is 12.4 Å². The number of nitrogens with one attached hydrogen (secondary N) is 1. The van der Waals surface area contributed by atoms with Crippen LogP contribution in [-0.4, -0.2) is 85.8 Å². The fourth-order valence-electron chi connectivity index (χ4n) is 6.88. The number of rotatable bonds is 5. The number of hydrogen-bond donors (Lipinski definition) is 2. The third kappa shape index (κ3) is 4.26. The summed E-state index contributed by atoms with van der Waals surface area (Å²) in [5, 5.41) is 18.6. The molecule has 0 radical (unpaired) electrons. The van der Waals surface area contributed by atoms with Gasteiger partial charge in [-0.05, 0) is 57.2 Å². The lowest BCUT2D eigenvalue weighted by molar-refractivity contribution is 0.107. The standard InChI is InChI=1S/C29H33F2N7O2/c1-17-5-6-22-20(14-33-36-22)23(17)26-24(31)25-21(13-32-26)27(37-9-2-4-19(39)7-11-37)35-28(34-25)40-16-29-8-3-10-38(29)15-18(30)12-29/h5-6,13-14,18-19,39H,2-4,7-12,15-16H2,1H3,(H,33,36)/t18-,19?,29+/m1/s1. The van der Waals surface area contributed by atoms with E-state index in [2.05, 4.69) is 30.0 Å². The molecule has 0 aliphatic carbocycles. The van der Waals surface area contributed by atoms with Crippen molar-refractivity contribution in [3.05, 3.63) is 35.9 Å². The number of hydrogen-bond acceptors (Lipinski definition) is 8. The number of aromatic amines is 1. The molecule has 6 heterocycles. The van der Waals surface area contributed by atoms with Crippen LogP contribution < -0.4 is 9.64 Å². The summed E-state index contributed by atoms with van der Waals surface area (Å²) in [5.41, 5.74) is 2.27. The number of aliphatic hydroxyl groups excluding tert-OH is 1.